The van der Waals surface area contributed by atoms with Gasteiger partial charge in [0, 0.05) is 67.4 Å². The van der Waals surface area contributed by atoms with E-state index >= 15 is 0 Å². The van der Waals surface area contributed by atoms with Gasteiger partial charge in [-0.1, -0.05) is 18.2 Å². The summed E-state index contributed by atoms with van der Waals surface area (Å²) in [6.45, 7) is 8.66. The Hall–Kier alpha value is -5.18. The maximum Gasteiger partial charge on any atom is 0.205 e. The molecule has 0 saturated heterocycles. The third kappa shape index (κ3) is 7.80. The predicted octanol–water partition coefficient (Wildman–Crippen LogP) is 5.00. The van der Waals surface area contributed by atoms with Crippen LogP contribution in [-0.4, -0.2) is 31.8 Å². The Bertz CT molecular complexity index is 1700. The number of pyridine rings is 2. The number of amidine groups is 1. The summed E-state index contributed by atoms with van der Waals surface area (Å²) in [4.78, 5) is 8.52. The molecule has 5 rings (SSSR count). The van der Waals surface area contributed by atoms with Gasteiger partial charge in [-0.3, -0.25) is 15.4 Å². The number of aromatic nitrogens is 2. The number of benzene rings is 2. The van der Waals surface area contributed by atoms with Crippen molar-refractivity contribution in [3.05, 3.63) is 106 Å². The molecule has 11 heteroatoms. The molecule has 11 nitrogen and oxygen atoms in total. The molecule has 0 spiro atoms. The quantitative estimate of drug-likeness (QED) is 0.120. The fourth-order valence-corrected chi connectivity index (χ4v) is 4.55. The number of nitrogens with one attached hydrogen (secondary N) is 3. The zero-order chi connectivity index (χ0) is 31.9. The van der Waals surface area contributed by atoms with E-state index in [1.807, 2.05) is 51.2 Å². The summed E-state index contributed by atoms with van der Waals surface area (Å²) in [6.07, 6.45) is 3.47. The predicted molar refractivity (Wildman–Crippen MR) is 168 cm³/mol. The average molecular weight is 596 g/mol. The summed E-state index contributed by atoms with van der Waals surface area (Å²) in [5, 5.41) is 42.1. The van der Waals surface area contributed by atoms with E-state index in [1.165, 1.54) is 0 Å². The molecule has 0 radical (unpaired) electrons. The van der Waals surface area contributed by atoms with E-state index in [0.29, 0.717) is 47.6 Å². The van der Waals surface area contributed by atoms with Crippen LogP contribution in [0.15, 0.2) is 60.9 Å². The Morgan fingerprint density at radius 3 is 2.34 bits per heavy atom. The number of ether oxygens (including phenoxy) is 2. The van der Waals surface area contributed by atoms with Crippen molar-refractivity contribution in [3.8, 4) is 17.6 Å². The molecule has 3 heterocycles. The topological polar surface area (TPSA) is 182 Å². The number of aliphatic hydroxyl groups is 1. The van der Waals surface area contributed by atoms with E-state index in [2.05, 4.69) is 26.7 Å². The number of nitrogens with zero attached hydrogens (tertiary/aromatic N) is 3. The molecule has 1 aliphatic rings. The third-order valence-electron chi connectivity index (χ3n) is 7.04. The molecule has 0 aliphatic carbocycles. The normalized spacial score (nSPS) is 12.9. The number of hydrogen-bond donors (Lipinski definition) is 6. The minimum Gasteiger partial charge on any atom is -0.506 e. The summed E-state index contributed by atoms with van der Waals surface area (Å²) in [6, 6.07) is 16.7. The van der Waals surface area contributed by atoms with Gasteiger partial charge in [0.1, 0.15) is 17.3 Å². The lowest BCUT2D eigenvalue weighted by Gasteiger charge is -2.34. The number of nitriles is 1. The Kier molecular flexibility index (Phi) is 10.0. The maximum absolute atomic E-state index is 9.90. The average Bonchev–Trinajstić information content (AvgIpc) is 3.01. The van der Waals surface area contributed by atoms with Crippen LogP contribution in [0, 0.1) is 30.6 Å². The SMILES string of the molecule is Cc1ncc(CNc2cccc(C#N)c2)c2c1OC(C)(C)OC2.Cc1ncc(CNc2cccc(C(=N)N)c2)c(CO)c1O. The molecule has 0 fully saturated rings. The van der Waals surface area contributed by atoms with Gasteiger partial charge in [-0.25, -0.2) is 0 Å². The van der Waals surface area contributed by atoms with Crippen molar-refractivity contribution in [3.63, 3.8) is 0 Å². The van der Waals surface area contributed by atoms with Crippen molar-refractivity contribution in [1.29, 1.82) is 10.7 Å². The largest absolute Gasteiger partial charge is 0.506 e. The lowest BCUT2D eigenvalue weighted by Crippen LogP contribution is -2.36. The molecule has 0 amide bonds. The second-order valence-corrected chi connectivity index (χ2v) is 10.7. The molecule has 2 aromatic carbocycles. The van der Waals surface area contributed by atoms with Crippen molar-refractivity contribution < 1.29 is 19.7 Å². The van der Waals surface area contributed by atoms with Crippen molar-refractivity contribution in [2.24, 2.45) is 5.73 Å². The monoisotopic (exact) mass is 595 g/mol. The molecule has 2 aromatic heterocycles. The second-order valence-electron chi connectivity index (χ2n) is 10.7. The van der Waals surface area contributed by atoms with Crippen LogP contribution >= 0.6 is 0 Å². The Morgan fingerprint density at radius 1 is 1.02 bits per heavy atom. The fraction of sp³-hybridized carbons (Fsp3) is 0.273. The van der Waals surface area contributed by atoms with Crippen LogP contribution < -0.4 is 21.1 Å². The smallest absolute Gasteiger partial charge is 0.205 e. The molecular formula is C33H37N7O4. The Morgan fingerprint density at radius 2 is 1.66 bits per heavy atom. The van der Waals surface area contributed by atoms with Crippen molar-refractivity contribution in [2.45, 2.75) is 59.8 Å². The first-order valence-electron chi connectivity index (χ1n) is 14.0. The molecule has 0 atom stereocenters. The number of aromatic hydroxyl groups is 1. The first-order valence-corrected chi connectivity index (χ1v) is 14.0. The molecule has 0 bridgehead atoms. The van der Waals surface area contributed by atoms with E-state index in [0.717, 1.165) is 33.9 Å². The summed E-state index contributed by atoms with van der Waals surface area (Å²) in [5.41, 5.74) is 13.0. The van der Waals surface area contributed by atoms with Gasteiger partial charge in [0.2, 0.25) is 5.79 Å². The Labute approximate surface area is 256 Å². The highest BCUT2D eigenvalue weighted by molar-refractivity contribution is 5.95. The number of nitrogens with two attached hydrogens (primary N) is 1. The Balaban J connectivity index is 0.000000202. The summed E-state index contributed by atoms with van der Waals surface area (Å²) in [7, 11) is 0. The molecule has 0 unspecified atom stereocenters. The zero-order valence-electron chi connectivity index (χ0n) is 25.2. The highest BCUT2D eigenvalue weighted by atomic mass is 16.7. The van der Waals surface area contributed by atoms with Crippen LogP contribution in [0.2, 0.25) is 0 Å². The third-order valence-corrected chi connectivity index (χ3v) is 7.04. The lowest BCUT2D eigenvalue weighted by molar-refractivity contribution is -0.180. The zero-order valence-corrected chi connectivity index (χ0v) is 25.2. The lowest BCUT2D eigenvalue weighted by atomic mass is 10.1. The van der Waals surface area contributed by atoms with E-state index in [-0.39, 0.29) is 18.2 Å². The fourth-order valence-electron chi connectivity index (χ4n) is 4.55. The highest BCUT2D eigenvalue weighted by Gasteiger charge is 2.30. The molecule has 1 aliphatic heterocycles. The van der Waals surface area contributed by atoms with E-state index in [9.17, 15) is 10.2 Å². The number of fused-ring (bicyclic) bond motifs is 1. The van der Waals surface area contributed by atoms with Gasteiger partial charge in [-0.15, -0.1) is 0 Å². The van der Waals surface area contributed by atoms with Gasteiger partial charge in [0.05, 0.1) is 36.2 Å². The van der Waals surface area contributed by atoms with Crippen LogP contribution in [-0.2, 0) is 31.0 Å². The van der Waals surface area contributed by atoms with Crippen molar-refractivity contribution in [1.82, 2.24) is 9.97 Å². The molecule has 0 saturated carbocycles. The van der Waals surface area contributed by atoms with Gasteiger partial charge in [-0.2, -0.15) is 5.26 Å². The standard InChI is InChI=1S/C18H19N3O2.C15H18N4O2/c1-12-17-16(11-22-18(2,3)23-17)14(9-20-12)10-21-15-6-4-5-13(7-15)8-19;1-9-14(21)13(8-20)11(6-18-9)7-19-12-4-2-3-10(5-12)15(16)17/h4-7,9,21H,10-11H2,1-3H3;2-6,19-21H,7-8H2,1H3,(H3,16,17). The van der Waals surface area contributed by atoms with E-state index in [4.69, 9.17) is 25.9 Å². The summed E-state index contributed by atoms with van der Waals surface area (Å²) in [5.74, 6) is 0.206. The second kappa shape index (κ2) is 13.9. The minimum absolute atomic E-state index is 0.00402. The van der Waals surface area contributed by atoms with E-state index < -0.39 is 5.79 Å². The summed E-state index contributed by atoms with van der Waals surface area (Å²) < 4.78 is 11.7. The number of aryl methyl sites for hydroxylation is 2. The van der Waals surface area contributed by atoms with Crippen molar-refractivity contribution in [2.75, 3.05) is 10.6 Å². The number of aliphatic hydroxyl groups excluding tert-OH is 1. The van der Waals surface area contributed by atoms with Crippen LogP contribution in [0.1, 0.15) is 58.6 Å². The number of nitrogen functional groups attached to an aromatic ring is 1. The van der Waals surface area contributed by atoms with Crippen LogP contribution in [0.3, 0.4) is 0 Å². The first kappa shape index (κ1) is 31.7. The van der Waals surface area contributed by atoms with Gasteiger partial charge in [-0.05, 0) is 55.3 Å². The van der Waals surface area contributed by atoms with Crippen molar-refractivity contribution >= 4 is 17.2 Å². The molecule has 228 valence electrons. The maximum atomic E-state index is 9.90. The number of anilines is 2. The van der Waals surface area contributed by atoms with E-state index in [1.54, 1.807) is 37.4 Å². The van der Waals surface area contributed by atoms with Gasteiger partial charge < -0.3 is 36.1 Å². The molecule has 44 heavy (non-hydrogen) atoms. The van der Waals surface area contributed by atoms with Gasteiger partial charge >= 0.3 is 0 Å². The van der Waals surface area contributed by atoms with Crippen LogP contribution in [0.25, 0.3) is 0 Å². The molecule has 4 aromatic rings. The highest BCUT2D eigenvalue weighted by Crippen LogP contribution is 2.35. The summed E-state index contributed by atoms with van der Waals surface area (Å²) >= 11 is 0. The number of rotatable bonds is 8. The van der Waals surface area contributed by atoms with Gasteiger partial charge in [0.15, 0.2) is 0 Å². The molecular weight excluding hydrogens is 558 g/mol. The van der Waals surface area contributed by atoms with Crippen LogP contribution in [0.5, 0.6) is 11.5 Å². The van der Waals surface area contributed by atoms with Crippen LogP contribution in [0.4, 0.5) is 11.4 Å². The van der Waals surface area contributed by atoms with Gasteiger partial charge in [0.25, 0.3) is 0 Å². The first-order chi connectivity index (χ1) is 21.0. The molecule has 7 N–H and O–H groups in total. The number of hydrogen-bond acceptors (Lipinski definition) is 10. The minimum atomic E-state index is -0.632.